The van der Waals surface area contributed by atoms with Crippen molar-refractivity contribution in [2.24, 2.45) is 0 Å². The Morgan fingerprint density at radius 1 is 1.46 bits per heavy atom. The van der Waals surface area contributed by atoms with Crippen molar-refractivity contribution in [1.29, 1.82) is 0 Å². The second kappa shape index (κ2) is 4.40. The van der Waals surface area contributed by atoms with Crippen LogP contribution in [0.4, 0.5) is 0 Å². The minimum atomic E-state index is 0.215. The Balaban J connectivity index is 2.56. The first-order chi connectivity index (χ1) is 6.05. The zero-order valence-corrected chi connectivity index (χ0v) is 9.17. The van der Waals surface area contributed by atoms with Crippen LogP contribution in [-0.4, -0.2) is 50.0 Å². The van der Waals surface area contributed by atoms with Crippen molar-refractivity contribution in [2.75, 3.05) is 33.5 Å². The Labute approximate surface area is 81.0 Å². The number of morpholine rings is 1. The molecule has 1 saturated heterocycles. The summed E-state index contributed by atoms with van der Waals surface area (Å²) in [6, 6.07) is 0.416. The Morgan fingerprint density at radius 2 is 2.15 bits per heavy atom. The number of nitrogens with zero attached hydrogens (tertiary/aromatic N) is 1. The molecule has 0 aromatic heterocycles. The maximum Gasteiger partial charge on any atom is 0.0645 e. The summed E-state index contributed by atoms with van der Waals surface area (Å²) in [5, 5.41) is 0. The Kier molecular flexibility index (Phi) is 3.71. The molecule has 0 unspecified atom stereocenters. The lowest BCUT2D eigenvalue weighted by molar-refractivity contribution is -0.0713. The van der Waals surface area contributed by atoms with Gasteiger partial charge in [-0.1, -0.05) is 0 Å². The number of ether oxygens (including phenoxy) is 2. The second-order valence-corrected chi connectivity index (χ2v) is 4.55. The van der Waals surface area contributed by atoms with Gasteiger partial charge in [-0.3, -0.25) is 4.90 Å². The molecule has 0 saturated carbocycles. The van der Waals surface area contributed by atoms with Crippen molar-refractivity contribution in [2.45, 2.75) is 32.4 Å². The molecular formula is C10H21NO2. The fraction of sp³-hybridized carbons (Fsp3) is 1.00. The molecule has 1 heterocycles. The average Bonchev–Trinajstić information content (AvgIpc) is 2.04. The Morgan fingerprint density at radius 3 is 2.69 bits per heavy atom. The molecule has 1 atom stereocenters. The quantitative estimate of drug-likeness (QED) is 0.647. The van der Waals surface area contributed by atoms with E-state index in [0.717, 1.165) is 26.4 Å². The fourth-order valence-electron chi connectivity index (χ4n) is 1.87. The van der Waals surface area contributed by atoms with Crippen LogP contribution < -0.4 is 0 Å². The molecule has 1 aliphatic rings. The third kappa shape index (κ3) is 2.93. The van der Waals surface area contributed by atoms with Crippen LogP contribution >= 0.6 is 0 Å². The second-order valence-electron chi connectivity index (χ2n) is 4.55. The van der Waals surface area contributed by atoms with Crippen LogP contribution in [0.3, 0.4) is 0 Å². The van der Waals surface area contributed by atoms with Gasteiger partial charge in [0.15, 0.2) is 0 Å². The summed E-state index contributed by atoms with van der Waals surface area (Å²) in [4.78, 5) is 2.46. The molecule has 3 heteroatoms. The first-order valence-electron chi connectivity index (χ1n) is 4.89. The van der Waals surface area contributed by atoms with Gasteiger partial charge in [-0.05, 0) is 20.8 Å². The minimum Gasteiger partial charge on any atom is -0.383 e. The summed E-state index contributed by atoms with van der Waals surface area (Å²) in [6.45, 7) is 10.1. The summed E-state index contributed by atoms with van der Waals surface area (Å²) in [6.07, 6.45) is 0. The van der Waals surface area contributed by atoms with E-state index in [1.807, 2.05) is 0 Å². The standard InChI is InChI=1S/C10H21NO2/c1-10(2,3)11-5-6-13-8-9(11)7-12-4/h9H,5-8H2,1-4H3/t9-/m0/s1. The maximum atomic E-state index is 5.44. The van der Waals surface area contributed by atoms with Gasteiger partial charge in [-0.15, -0.1) is 0 Å². The van der Waals surface area contributed by atoms with Crippen LogP contribution in [0, 0.1) is 0 Å². The molecule has 0 radical (unpaired) electrons. The average molecular weight is 187 g/mol. The highest BCUT2D eigenvalue weighted by molar-refractivity contribution is 4.85. The lowest BCUT2D eigenvalue weighted by Crippen LogP contribution is -2.56. The molecule has 0 bridgehead atoms. The Bertz CT molecular complexity index is 151. The van der Waals surface area contributed by atoms with E-state index in [2.05, 4.69) is 25.7 Å². The molecule has 78 valence electrons. The van der Waals surface area contributed by atoms with Crippen LogP contribution in [0.2, 0.25) is 0 Å². The molecule has 1 fully saturated rings. The first-order valence-corrected chi connectivity index (χ1v) is 4.89. The summed E-state index contributed by atoms with van der Waals surface area (Å²) in [7, 11) is 1.75. The van der Waals surface area contributed by atoms with Crippen LogP contribution in [0.5, 0.6) is 0 Å². The highest BCUT2D eigenvalue weighted by atomic mass is 16.5. The van der Waals surface area contributed by atoms with Gasteiger partial charge in [-0.25, -0.2) is 0 Å². The van der Waals surface area contributed by atoms with E-state index in [-0.39, 0.29) is 5.54 Å². The normalized spacial score (nSPS) is 26.3. The summed E-state index contributed by atoms with van der Waals surface area (Å²) in [5.41, 5.74) is 0.215. The van der Waals surface area contributed by atoms with E-state index >= 15 is 0 Å². The van der Waals surface area contributed by atoms with Crippen molar-refractivity contribution in [3.05, 3.63) is 0 Å². The molecule has 0 N–H and O–H groups in total. The predicted octanol–water partition coefficient (Wildman–Crippen LogP) is 1.13. The number of rotatable bonds is 2. The summed E-state index contributed by atoms with van der Waals surface area (Å²) in [5.74, 6) is 0. The van der Waals surface area contributed by atoms with Gasteiger partial charge < -0.3 is 9.47 Å². The van der Waals surface area contributed by atoms with Gasteiger partial charge in [-0.2, -0.15) is 0 Å². The van der Waals surface area contributed by atoms with Crippen LogP contribution in [0.15, 0.2) is 0 Å². The number of hydrogen-bond donors (Lipinski definition) is 0. The van der Waals surface area contributed by atoms with Gasteiger partial charge in [0, 0.05) is 19.2 Å². The smallest absolute Gasteiger partial charge is 0.0645 e. The molecule has 1 rings (SSSR count). The molecule has 3 nitrogen and oxygen atoms in total. The van der Waals surface area contributed by atoms with Crippen molar-refractivity contribution in [3.63, 3.8) is 0 Å². The summed E-state index contributed by atoms with van der Waals surface area (Å²) < 4.78 is 10.6. The zero-order valence-electron chi connectivity index (χ0n) is 9.17. The van der Waals surface area contributed by atoms with Gasteiger partial charge in [0.2, 0.25) is 0 Å². The van der Waals surface area contributed by atoms with E-state index in [0.29, 0.717) is 6.04 Å². The molecule has 0 aliphatic carbocycles. The van der Waals surface area contributed by atoms with Crippen molar-refractivity contribution < 1.29 is 9.47 Å². The molecule has 0 amide bonds. The van der Waals surface area contributed by atoms with E-state index in [9.17, 15) is 0 Å². The lowest BCUT2D eigenvalue weighted by Gasteiger charge is -2.44. The van der Waals surface area contributed by atoms with Gasteiger partial charge >= 0.3 is 0 Å². The van der Waals surface area contributed by atoms with Gasteiger partial charge in [0.05, 0.1) is 25.9 Å². The molecule has 0 aromatic carbocycles. The van der Waals surface area contributed by atoms with Crippen molar-refractivity contribution in [1.82, 2.24) is 4.90 Å². The number of hydrogen-bond acceptors (Lipinski definition) is 3. The summed E-state index contributed by atoms with van der Waals surface area (Å²) >= 11 is 0. The molecule has 0 spiro atoms. The highest BCUT2D eigenvalue weighted by Crippen LogP contribution is 2.19. The molecule has 1 aliphatic heterocycles. The van der Waals surface area contributed by atoms with Crippen LogP contribution in [0.25, 0.3) is 0 Å². The largest absolute Gasteiger partial charge is 0.383 e. The van der Waals surface area contributed by atoms with E-state index in [1.165, 1.54) is 0 Å². The van der Waals surface area contributed by atoms with Crippen molar-refractivity contribution >= 4 is 0 Å². The Hall–Kier alpha value is -0.120. The van der Waals surface area contributed by atoms with Crippen LogP contribution in [0.1, 0.15) is 20.8 Å². The van der Waals surface area contributed by atoms with Crippen molar-refractivity contribution in [3.8, 4) is 0 Å². The highest BCUT2D eigenvalue weighted by Gasteiger charge is 2.31. The third-order valence-corrected chi connectivity index (χ3v) is 2.45. The minimum absolute atomic E-state index is 0.215. The predicted molar refractivity (Wildman–Crippen MR) is 52.9 cm³/mol. The molecular weight excluding hydrogens is 166 g/mol. The zero-order chi connectivity index (χ0) is 9.90. The lowest BCUT2D eigenvalue weighted by atomic mass is 10.0. The van der Waals surface area contributed by atoms with E-state index in [1.54, 1.807) is 7.11 Å². The third-order valence-electron chi connectivity index (χ3n) is 2.45. The van der Waals surface area contributed by atoms with E-state index < -0.39 is 0 Å². The topological polar surface area (TPSA) is 21.7 Å². The fourth-order valence-corrected chi connectivity index (χ4v) is 1.87. The number of methoxy groups -OCH3 is 1. The van der Waals surface area contributed by atoms with Gasteiger partial charge in [0.1, 0.15) is 0 Å². The maximum absolute atomic E-state index is 5.44. The van der Waals surface area contributed by atoms with E-state index in [4.69, 9.17) is 9.47 Å². The monoisotopic (exact) mass is 187 g/mol. The van der Waals surface area contributed by atoms with Crippen LogP contribution in [-0.2, 0) is 9.47 Å². The SMILES string of the molecule is COC[C@H]1COCCN1C(C)(C)C. The molecule has 13 heavy (non-hydrogen) atoms. The van der Waals surface area contributed by atoms with Gasteiger partial charge in [0.25, 0.3) is 0 Å². The molecule has 0 aromatic rings. The first kappa shape index (κ1) is 11.0.